The van der Waals surface area contributed by atoms with Gasteiger partial charge in [0.25, 0.3) is 0 Å². The largest absolute Gasteiger partial charge is 0.673 e. The Labute approximate surface area is 135 Å². The minimum absolute atomic E-state index is 0.112. The van der Waals surface area contributed by atoms with Crippen LogP contribution in [0.2, 0.25) is 5.02 Å². The lowest BCUT2D eigenvalue weighted by Gasteiger charge is -2.21. The van der Waals surface area contributed by atoms with Crippen LogP contribution in [0.5, 0.6) is 0 Å². The van der Waals surface area contributed by atoms with E-state index >= 15 is 0 Å². The molecule has 0 amide bonds. The Morgan fingerprint density at radius 1 is 1.04 bits per heavy atom. The smallest absolute Gasteiger partial charge is 0.418 e. The van der Waals surface area contributed by atoms with Crippen LogP contribution in [0.3, 0.4) is 0 Å². The van der Waals surface area contributed by atoms with Crippen LogP contribution in [0.25, 0.3) is 10.1 Å². The van der Waals surface area contributed by atoms with E-state index in [2.05, 4.69) is 0 Å². The molecule has 1 aromatic heterocycles. The van der Waals surface area contributed by atoms with Gasteiger partial charge in [0.15, 0.2) is 9.58 Å². The van der Waals surface area contributed by atoms with Gasteiger partial charge in [0, 0.05) is 28.5 Å². The lowest BCUT2D eigenvalue weighted by Crippen LogP contribution is -2.10. The van der Waals surface area contributed by atoms with Crippen molar-refractivity contribution in [3.8, 4) is 0 Å². The standard InChI is InChI=1S/C13H11ClF3S.BF4/c14-10-5-4-9-6-11(8-2-1-3-8)18(12(9)7-10)13(15,16)17;2-1(3,4)5/h4-8H,1-3H2;/q+1;-1. The number of halogens is 8. The maximum absolute atomic E-state index is 13.3. The van der Waals surface area contributed by atoms with Gasteiger partial charge in [-0.15, -0.1) is 13.2 Å². The highest BCUT2D eigenvalue weighted by molar-refractivity contribution is 7.38. The van der Waals surface area contributed by atoms with Crippen LogP contribution >= 0.6 is 22.1 Å². The van der Waals surface area contributed by atoms with Crippen LogP contribution in [-0.4, -0.2) is 7.25 Å². The molecule has 3 rings (SSSR count). The van der Waals surface area contributed by atoms with Crippen molar-refractivity contribution in [2.24, 2.45) is 0 Å². The summed E-state index contributed by atoms with van der Waals surface area (Å²) >= 11 is 5.83. The maximum atomic E-state index is 13.3. The third-order valence-electron chi connectivity index (χ3n) is 3.47. The normalized spacial score (nSPS) is 16.8. The quantitative estimate of drug-likeness (QED) is 0.278. The molecular formula is C13H11BClF7S. The van der Waals surface area contributed by atoms with Gasteiger partial charge in [-0.3, -0.25) is 0 Å². The molecule has 1 fully saturated rings. The molecule has 1 aliphatic rings. The van der Waals surface area contributed by atoms with Crippen molar-refractivity contribution in [3.63, 3.8) is 0 Å². The van der Waals surface area contributed by atoms with Crippen LogP contribution in [0.15, 0.2) is 24.3 Å². The predicted octanol–water partition coefficient (Wildman–Crippen LogP) is 7.29. The van der Waals surface area contributed by atoms with Crippen LogP contribution in [0.1, 0.15) is 30.1 Å². The van der Waals surface area contributed by atoms with E-state index in [1.807, 2.05) is 0 Å². The number of benzene rings is 1. The van der Waals surface area contributed by atoms with Crippen molar-refractivity contribution in [3.05, 3.63) is 34.2 Å². The zero-order valence-electron chi connectivity index (χ0n) is 11.5. The molecule has 0 N–H and O–H groups in total. The minimum Gasteiger partial charge on any atom is -0.418 e. The third kappa shape index (κ3) is 4.76. The monoisotopic (exact) mass is 378 g/mol. The molecule has 1 atom stereocenters. The fourth-order valence-electron chi connectivity index (χ4n) is 2.38. The lowest BCUT2D eigenvalue weighted by molar-refractivity contribution is -0.0868. The lowest BCUT2D eigenvalue weighted by atomic mass is 9.84. The Morgan fingerprint density at radius 2 is 1.61 bits per heavy atom. The van der Waals surface area contributed by atoms with E-state index in [9.17, 15) is 30.4 Å². The molecule has 128 valence electrons. The second-order valence-electron chi connectivity index (χ2n) is 5.10. The van der Waals surface area contributed by atoms with Gasteiger partial charge in [-0.2, -0.15) is 0 Å². The van der Waals surface area contributed by atoms with Crippen LogP contribution in [-0.2, 0) is 5.51 Å². The molecule has 0 nitrogen and oxygen atoms in total. The second kappa shape index (κ2) is 6.51. The molecule has 0 spiro atoms. The average molecular weight is 379 g/mol. The Kier molecular flexibility index (Phi) is 5.20. The Bertz CT molecular complexity index is 682. The molecule has 2 aromatic rings. The van der Waals surface area contributed by atoms with Gasteiger partial charge in [0.1, 0.15) is 0 Å². The number of fused-ring (bicyclic) bond motifs is 1. The average Bonchev–Trinajstić information content (AvgIpc) is 2.61. The number of thiophene rings is 1. The predicted molar refractivity (Wildman–Crippen MR) is 79.5 cm³/mol. The third-order valence-corrected chi connectivity index (χ3v) is 5.88. The summed E-state index contributed by atoms with van der Waals surface area (Å²) < 4.78 is 79.2. The molecule has 0 saturated heterocycles. The van der Waals surface area contributed by atoms with Crippen molar-refractivity contribution >= 4 is 39.4 Å². The van der Waals surface area contributed by atoms with Gasteiger partial charge in [-0.25, -0.2) is 0 Å². The van der Waals surface area contributed by atoms with Gasteiger partial charge in [0.2, 0.25) is 0 Å². The van der Waals surface area contributed by atoms with Gasteiger partial charge in [0.05, 0.1) is 10.5 Å². The molecule has 0 bridgehead atoms. The maximum Gasteiger partial charge on any atom is 0.673 e. The number of rotatable bonds is 1. The molecular weight excluding hydrogens is 367 g/mol. The van der Waals surface area contributed by atoms with Gasteiger partial charge < -0.3 is 17.3 Å². The molecule has 10 heteroatoms. The number of alkyl halides is 3. The van der Waals surface area contributed by atoms with Gasteiger partial charge in [-0.1, -0.05) is 18.0 Å². The van der Waals surface area contributed by atoms with E-state index in [1.165, 1.54) is 6.07 Å². The van der Waals surface area contributed by atoms with Gasteiger partial charge in [-0.05, 0) is 25.0 Å². The molecule has 23 heavy (non-hydrogen) atoms. The van der Waals surface area contributed by atoms with E-state index in [1.54, 1.807) is 18.2 Å². The summed E-state index contributed by atoms with van der Waals surface area (Å²) in [5.41, 5.74) is -4.20. The molecule has 0 aliphatic heterocycles. The fourth-order valence-corrected chi connectivity index (χ4v) is 4.81. The molecule has 1 aliphatic carbocycles. The van der Waals surface area contributed by atoms with Crippen LogP contribution < -0.4 is 0 Å². The summed E-state index contributed by atoms with van der Waals surface area (Å²) in [6.45, 7) is 0. The first-order valence-corrected chi connectivity index (χ1v) is 8.26. The summed E-state index contributed by atoms with van der Waals surface area (Å²) in [6, 6.07) is 6.54. The highest BCUT2D eigenvalue weighted by atomic mass is 35.5. The molecule has 1 unspecified atom stereocenters. The van der Waals surface area contributed by atoms with Crippen molar-refractivity contribution in [2.75, 3.05) is 0 Å². The fraction of sp³-hybridized carbons (Fsp3) is 0.385. The Balaban J connectivity index is 0.000000338. The molecule has 1 saturated carbocycles. The summed E-state index contributed by atoms with van der Waals surface area (Å²) in [7, 11) is -7.77. The summed E-state index contributed by atoms with van der Waals surface area (Å²) in [5.74, 6) is 0.112. The van der Waals surface area contributed by atoms with Crippen molar-refractivity contribution in [1.29, 1.82) is 0 Å². The Morgan fingerprint density at radius 3 is 2.04 bits per heavy atom. The van der Waals surface area contributed by atoms with Crippen LogP contribution in [0.4, 0.5) is 30.4 Å². The Hall–Kier alpha value is -0.955. The summed E-state index contributed by atoms with van der Waals surface area (Å²) in [6.07, 6.45) is 2.80. The second-order valence-corrected chi connectivity index (χ2v) is 7.53. The van der Waals surface area contributed by atoms with Gasteiger partial charge >= 0.3 is 12.8 Å². The van der Waals surface area contributed by atoms with E-state index in [-0.39, 0.29) is 5.92 Å². The summed E-state index contributed by atoms with van der Waals surface area (Å²) in [5, 5.41) is 1.06. The van der Waals surface area contributed by atoms with E-state index in [0.717, 1.165) is 19.3 Å². The molecule has 0 radical (unpaired) electrons. The van der Waals surface area contributed by atoms with Crippen molar-refractivity contribution in [2.45, 2.75) is 30.7 Å². The minimum atomic E-state index is -6.00. The molecule has 1 aromatic carbocycles. The first-order valence-electron chi connectivity index (χ1n) is 6.66. The van der Waals surface area contributed by atoms with Crippen molar-refractivity contribution < 1.29 is 30.4 Å². The zero-order chi connectivity index (χ0) is 17.4. The first kappa shape index (κ1) is 18.4. The van der Waals surface area contributed by atoms with E-state index in [4.69, 9.17) is 11.6 Å². The number of hydrogen-bond donors (Lipinski definition) is 0. The highest BCUT2D eigenvalue weighted by Crippen LogP contribution is 2.56. The van der Waals surface area contributed by atoms with E-state index < -0.39 is 23.2 Å². The summed E-state index contributed by atoms with van der Waals surface area (Å²) in [4.78, 5) is 0.561. The SMILES string of the molecule is FC(F)(F)[s+]1c(C2CCC2)cc2ccc(Cl)cc21.F[B-](F)(F)F. The highest BCUT2D eigenvalue weighted by Gasteiger charge is 2.50. The van der Waals surface area contributed by atoms with Crippen LogP contribution in [0, 0.1) is 0 Å². The first-order chi connectivity index (χ1) is 10.5. The number of hydrogen-bond acceptors (Lipinski definition) is 0. The van der Waals surface area contributed by atoms with Crippen molar-refractivity contribution in [1.82, 2.24) is 0 Å². The zero-order valence-corrected chi connectivity index (χ0v) is 13.1. The topological polar surface area (TPSA) is 0 Å². The van der Waals surface area contributed by atoms with E-state index in [0.29, 0.717) is 20.0 Å². The molecule has 1 heterocycles.